The van der Waals surface area contributed by atoms with Crippen molar-refractivity contribution in [3.63, 3.8) is 0 Å². The molecule has 1 aliphatic rings. The van der Waals surface area contributed by atoms with E-state index in [1.54, 1.807) is 6.92 Å². The molecular weight excluding hydrogens is 356 g/mol. The number of ether oxygens (including phenoxy) is 1. The summed E-state index contributed by atoms with van der Waals surface area (Å²) in [6.07, 6.45) is 4.54. The number of nitrogens with two attached hydrogens (primary N) is 1. The van der Waals surface area contributed by atoms with Crippen LogP contribution in [0.25, 0.3) is 0 Å². The van der Waals surface area contributed by atoms with E-state index in [4.69, 9.17) is 10.5 Å². The molecular formula is C18H27BrN2O2. The Morgan fingerprint density at radius 1 is 1.39 bits per heavy atom. The summed E-state index contributed by atoms with van der Waals surface area (Å²) in [4.78, 5) is 12.6. The molecule has 1 saturated carbocycles. The highest BCUT2D eigenvalue weighted by molar-refractivity contribution is 9.10. The van der Waals surface area contributed by atoms with E-state index >= 15 is 0 Å². The molecule has 5 heteroatoms. The molecule has 1 unspecified atom stereocenters. The Labute approximate surface area is 147 Å². The van der Waals surface area contributed by atoms with Gasteiger partial charge >= 0.3 is 0 Å². The van der Waals surface area contributed by atoms with E-state index in [2.05, 4.69) is 21.2 Å². The van der Waals surface area contributed by atoms with Crippen LogP contribution in [0, 0.1) is 5.41 Å². The second-order valence-corrected chi connectivity index (χ2v) is 7.61. The number of hydrogen-bond donors (Lipinski definition) is 2. The summed E-state index contributed by atoms with van der Waals surface area (Å²) < 4.78 is 6.45. The standard InChI is InChI=1S/C18H27BrN2O2/c1-3-23-12-11-18(9-4-10-18)13-21-16(22)17(2,20)14-5-7-15(19)8-6-14/h5-8H,3-4,9-13,20H2,1-2H3,(H,21,22). The van der Waals surface area contributed by atoms with Crippen molar-refractivity contribution in [1.29, 1.82) is 0 Å². The lowest BCUT2D eigenvalue weighted by molar-refractivity contribution is -0.127. The summed E-state index contributed by atoms with van der Waals surface area (Å²) >= 11 is 3.40. The first-order valence-electron chi connectivity index (χ1n) is 8.31. The van der Waals surface area contributed by atoms with E-state index in [-0.39, 0.29) is 11.3 Å². The van der Waals surface area contributed by atoms with Gasteiger partial charge in [0.2, 0.25) is 5.91 Å². The molecule has 1 fully saturated rings. The smallest absolute Gasteiger partial charge is 0.244 e. The average Bonchev–Trinajstić information content (AvgIpc) is 2.49. The van der Waals surface area contributed by atoms with E-state index in [1.807, 2.05) is 31.2 Å². The minimum Gasteiger partial charge on any atom is -0.382 e. The Bertz CT molecular complexity index is 524. The Hall–Kier alpha value is -0.910. The van der Waals surface area contributed by atoms with Gasteiger partial charge in [-0.05, 0) is 56.2 Å². The highest BCUT2D eigenvalue weighted by Crippen LogP contribution is 2.43. The normalized spacial score (nSPS) is 18.8. The Morgan fingerprint density at radius 3 is 2.57 bits per heavy atom. The van der Waals surface area contributed by atoms with Crippen LogP contribution in [-0.2, 0) is 15.1 Å². The third kappa shape index (κ3) is 4.55. The topological polar surface area (TPSA) is 64.3 Å². The summed E-state index contributed by atoms with van der Waals surface area (Å²) in [6, 6.07) is 7.59. The molecule has 1 aliphatic carbocycles. The first-order chi connectivity index (χ1) is 10.9. The van der Waals surface area contributed by atoms with Crippen LogP contribution in [0.5, 0.6) is 0 Å². The quantitative estimate of drug-likeness (QED) is 0.677. The van der Waals surface area contributed by atoms with Crippen molar-refractivity contribution in [3.8, 4) is 0 Å². The first-order valence-corrected chi connectivity index (χ1v) is 9.10. The summed E-state index contributed by atoms with van der Waals surface area (Å²) in [5.41, 5.74) is 6.28. The predicted molar refractivity (Wildman–Crippen MR) is 96.1 cm³/mol. The lowest BCUT2D eigenvalue weighted by atomic mass is 9.66. The molecule has 23 heavy (non-hydrogen) atoms. The number of benzene rings is 1. The monoisotopic (exact) mass is 382 g/mol. The van der Waals surface area contributed by atoms with Crippen molar-refractivity contribution >= 4 is 21.8 Å². The van der Waals surface area contributed by atoms with Gasteiger partial charge in [0, 0.05) is 24.2 Å². The van der Waals surface area contributed by atoms with Crippen LogP contribution in [0.2, 0.25) is 0 Å². The maximum absolute atomic E-state index is 12.6. The van der Waals surface area contributed by atoms with Crippen LogP contribution in [0.1, 0.15) is 45.1 Å². The SMILES string of the molecule is CCOCCC1(CNC(=O)C(C)(N)c2ccc(Br)cc2)CCC1. The first kappa shape index (κ1) is 18.4. The highest BCUT2D eigenvalue weighted by atomic mass is 79.9. The summed E-state index contributed by atoms with van der Waals surface area (Å²) in [5, 5.41) is 3.07. The van der Waals surface area contributed by atoms with Crippen LogP contribution in [0.15, 0.2) is 28.7 Å². The van der Waals surface area contributed by atoms with Crippen molar-refractivity contribution in [2.75, 3.05) is 19.8 Å². The van der Waals surface area contributed by atoms with Gasteiger partial charge in [0.25, 0.3) is 0 Å². The van der Waals surface area contributed by atoms with Gasteiger partial charge in [-0.25, -0.2) is 0 Å². The summed E-state index contributed by atoms with van der Waals surface area (Å²) in [6.45, 7) is 5.96. The molecule has 2 rings (SSSR count). The zero-order valence-corrected chi connectivity index (χ0v) is 15.6. The molecule has 4 nitrogen and oxygen atoms in total. The van der Waals surface area contributed by atoms with Crippen LogP contribution in [0.4, 0.5) is 0 Å². The van der Waals surface area contributed by atoms with Gasteiger partial charge in [-0.3, -0.25) is 4.79 Å². The van der Waals surface area contributed by atoms with Gasteiger partial charge in [-0.15, -0.1) is 0 Å². The number of amides is 1. The third-order valence-electron chi connectivity index (χ3n) is 4.93. The number of halogens is 1. The molecule has 0 bridgehead atoms. The van der Waals surface area contributed by atoms with Crippen LogP contribution in [-0.4, -0.2) is 25.7 Å². The fourth-order valence-corrected chi connectivity index (χ4v) is 3.27. The lowest BCUT2D eigenvalue weighted by Crippen LogP contribution is -2.52. The van der Waals surface area contributed by atoms with E-state index < -0.39 is 5.54 Å². The Kier molecular flexibility index (Phi) is 6.23. The number of rotatable bonds is 8. The molecule has 0 spiro atoms. The molecule has 1 atom stereocenters. The second kappa shape index (κ2) is 7.77. The fraction of sp³-hybridized carbons (Fsp3) is 0.611. The van der Waals surface area contributed by atoms with Gasteiger partial charge in [0.1, 0.15) is 5.54 Å². The summed E-state index contributed by atoms with van der Waals surface area (Å²) in [7, 11) is 0. The minimum absolute atomic E-state index is 0.123. The zero-order valence-electron chi connectivity index (χ0n) is 14.0. The molecule has 0 aliphatic heterocycles. The van der Waals surface area contributed by atoms with E-state index in [1.165, 1.54) is 6.42 Å². The van der Waals surface area contributed by atoms with E-state index in [9.17, 15) is 4.79 Å². The largest absolute Gasteiger partial charge is 0.382 e. The zero-order chi connectivity index (χ0) is 16.9. The fourth-order valence-electron chi connectivity index (χ4n) is 3.00. The van der Waals surface area contributed by atoms with Crippen LogP contribution < -0.4 is 11.1 Å². The highest BCUT2D eigenvalue weighted by Gasteiger charge is 2.38. The number of carbonyl (C=O) groups is 1. The molecule has 0 heterocycles. The van der Waals surface area contributed by atoms with Crippen LogP contribution in [0.3, 0.4) is 0 Å². The maximum Gasteiger partial charge on any atom is 0.244 e. The van der Waals surface area contributed by atoms with Crippen molar-refractivity contribution < 1.29 is 9.53 Å². The van der Waals surface area contributed by atoms with Gasteiger partial charge in [-0.1, -0.05) is 34.5 Å². The maximum atomic E-state index is 12.6. The van der Waals surface area contributed by atoms with Crippen molar-refractivity contribution in [2.24, 2.45) is 11.1 Å². The molecule has 128 valence electrons. The third-order valence-corrected chi connectivity index (χ3v) is 5.46. The van der Waals surface area contributed by atoms with Gasteiger partial charge < -0.3 is 15.8 Å². The molecule has 1 amide bonds. The summed E-state index contributed by atoms with van der Waals surface area (Å²) in [5.74, 6) is -0.123. The molecule has 0 saturated heterocycles. The Morgan fingerprint density at radius 2 is 2.04 bits per heavy atom. The van der Waals surface area contributed by atoms with Crippen molar-refractivity contribution in [3.05, 3.63) is 34.3 Å². The van der Waals surface area contributed by atoms with Gasteiger partial charge in [-0.2, -0.15) is 0 Å². The van der Waals surface area contributed by atoms with Crippen LogP contribution >= 0.6 is 15.9 Å². The van der Waals surface area contributed by atoms with E-state index in [0.717, 1.165) is 42.5 Å². The van der Waals surface area contributed by atoms with Crippen molar-refractivity contribution in [1.82, 2.24) is 5.32 Å². The average molecular weight is 383 g/mol. The number of hydrogen-bond acceptors (Lipinski definition) is 3. The molecule has 1 aromatic carbocycles. The molecule has 0 radical (unpaired) electrons. The predicted octanol–water partition coefficient (Wildman–Crippen LogP) is 3.34. The number of carbonyl (C=O) groups excluding carboxylic acids is 1. The molecule has 3 N–H and O–H groups in total. The van der Waals surface area contributed by atoms with E-state index in [0.29, 0.717) is 6.54 Å². The lowest BCUT2D eigenvalue weighted by Gasteiger charge is -2.42. The van der Waals surface area contributed by atoms with Crippen molar-refractivity contribution in [2.45, 2.75) is 45.1 Å². The number of nitrogens with one attached hydrogen (secondary N) is 1. The minimum atomic E-state index is -1.02. The molecule has 1 aromatic rings. The van der Waals surface area contributed by atoms with Gasteiger partial charge in [0.15, 0.2) is 0 Å². The Balaban J connectivity index is 1.93. The van der Waals surface area contributed by atoms with Gasteiger partial charge in [0.05, 0.1) is 0 Å². The molecule has 0 aromatic heterocycles. The second-order valence-electron chi connectivity index (χ2n) is 6.69.